The summed E-state index contributed by atoms with van der Waals surface area (Å²) in [6.07, 6.45) is 0. The van der Waals surface area contributed by atoms with Crippen molar-refractivity contribution in [2.24, 2.45) is 5.40 Å². The predicted molar refractivity (Wildman–Crippen MR) is 24.4 cm³/mol. The molecule has 0 aromatic carbocycles. The fraction of sp³-hybridized carbons (Fsp3) is 1.00. The lowest BCUT2D eigenvalue weighted by molar-refractivity contribution is 0.361. The molecule has 0 spiro atoms. The third-order valence-electron chi connectivity index (χ3n) is 0.322. The first-order valence-electron chi connectivity index (χ1n) is 1.69. The van der Waals surface area contributed by atoms with E-state index in [0.29, 0.717) is 0 Å². The standard InChI is InChI=1S/C2H9NOSi/c1-2-4-5-3/h2-3,5H2,1H3. The molecule has 0 saturated carbocycles. The van der Waals surface area contributed by atoms with Gasteiger partial charge in [-0.1, -0.05) is 0 Å². The van der Waals surface area contributed by atoms with Gasteiger partial charge in [-0.2, -0.15) is 0 Å². The molecule has 0 aliphatic heterocycles. The Balaban J connectivity index is 2.19. The van der Waals surface area contributed by atoms with Crippen LogP contribution in [0.3, 0.4) is 0 Å². The van der Waals surface area contributed by atoms with Gasteiger partial charge in [0.2, 0.25) is 9.92 Å². The molecule has 0 aromatic rings. The Kier molecular flexibility index (Phi) is 4.25. The van der Waals surface area contributed by atoms with E-state index in [1.807, 2.05) is 6.92 Å². The topological polar surface area (TPSA) is 35.2 Å². The molecule has 0 atom stereocenters. The van der Waals surface area contributed by atoms with Gasteiger partial charge in [0.15, 0.2) is 0 Å². The van der Waals surface area contributed by atoms with E-state index in [-0.39, 0.29) is 0 Å². The van der Waals surface area contributed by atoms with Crippen molar-refractivity contribution < 1.29 is 4.43 Å². The van der Waals surface area contributed by atoms with Crippen molar-refractivity contribution in [3.05, 3.63) is 0 Å². The van der Waals surface area contributed by atoms with Gasteiger partial charge in [0.1, 0.15) is 0 Å². The molecule has 0 amide bonds. The van der Waals surface area contributed by atoms with Crippen molar-refractivity contribution in [3.8, 4) is 0 Å². The minimum Gasteiger partial charge on any atom is -0.409 e. The Morgan fingerprint density at radius 1 is 2.00 bits per heavy atom. The molecule has 32 valence electrons. The van der Waals surface area contributed by atoms with E-state index in [4.69, 9.17) is 9.83 Å². The highest BCUT2D eigenvalue weighted by Crippen LogP contribution is 1.55. The van der Waals surface area contributed by atoms with Gasteiger partial charge in [0.25, 0.3) is 0 Å². The van der Waals surface area contributed by atoms with Crippen LogP contribution in [0, 0.1) is 0 Å². The van der Waals surface area contributed by atoms with Crippen LogP contribution in [-0.2, 0) is 4.43 Å². The van der Waals surface area contributed by atoms with Gasteiger partial charge in [-0.3, -0.25) is 0 Å². The Labute approximate surface area is 34.3 Å². The quantitative estimate of drug-likeness (QED) is 0.441. The summed E-state index contributed by atoms with van der Waals surface area (Å²) in [4.78, 5) is 0. The molecule has 0 unspecified atom stereocenters. The largest absolute Gasteiger partial charge is 0.409 e. The van der Waals surface area contributed by atoms with Crippen LogP contribution in [-0.4, -0.2) is 16.5 Å². The van der Waals surface area contributed by atoms with Gasteiger partial charge in [0.05, 0.1) is 0 Å². The van der Waals surface area contributed by atoms with Crippen LogP contribution in [0.25, 0.3) is 0 Å². The summed E-state index contributed by atoms with van der Waals surface area (Å²) < 4.78 is 4.75. The average Bonchev–Trinajstić information content (AvgIpc) is 1.41. The van der Waals surface area contributed by atoms with E-state index < -0.39 is 9.92 Å². The molecule has 2 N–H and O–H groups in total. The van der Waals surface area contributed by atoms with E-state index in [1.54, 1.807) is 0 Å². The first-order chi connectivity index (χ1) is 2.41. The molecule has 0 rings (SSSR count). The predicted octanol–water partition coefficient (Wildman–Crippen LogP) is -1.02. The zero-order valence-electron chi connectivity index (χ0n) is 3.40. The molecule has 0 bridgehead atoms. The van der Waals surface area contributed by atoms with Crippen molar-refractivity contribution >= 4 is 9.92 Å². The molecule has 5 heavy (non-hydrogen) atoms. The van der Waals surface area contributed by atoms with Gasteiger partial charge < -0.3 is 9.83 Å². The summed E-state index contributed by atoms with van der Waals surface area (Å²) in [6.45, 7) is 2.72. The minimum atomic E-state index is -0.586. The smallest absolute Gasteiger partial charge is 0.233 e. The monoisotopic (exact) mass is 91.0 g/mol. The van der Waals surface area contributed by atoms with Gasteiger partial charge in [-0.05, 0) is 6.92 Å². The van der Waals surface area contributed by atoms with E-state index in [2.05, 4.69) is 0 Å². The normalized spacial score (nSPS) is 10.8. The van der Waals surface area contributed by atoms with E-state index >= 15 is 0 Å². The van der Waals surface area contributed by atoms with Gasteiger partial charge in [-0.25, -0.2) is 0 Å². The molecule has 0 saturated heterocycles. The summed E-state index contributed by atoms with van der Waals surface area (Å²) in [5.41, 5.74) is 0. The van der Waals surface area contributed by atoms with Crippen LogP contribution in [0.2, 0.25) is 0 Å². The lowest BCUT2D eigenvalue weighted by Gasteiger charge is -1.86. The number of rotatable bonds is 2. The van der Waals surface area contributed by atoms with Gasteiger partial charge in [-0.15, -0.1) is 0 Å². The number of hydrogen-bond acceptors (Lipinski definition) is 2. The molecule has 0 aliphatic rings. The lowest BCUT2D eigenvalue weighted by atomic mass is 10.9. The third-order valence-corrected chi connectivity index (χ3v) is 0.966. The molecular weight excluding hydrogens is 82.1 g/mol. The zero-order chi connectivity index (χ0) is 4.12. The fourth-order valence-electron chi connectivity index (χ4n) is 0.118. The Morgan fingerprint density at radius 3 is 2.60 bits per heavy atom. The van der Waals surface area contributed by atoms with Crippen LogP contribution in [0.4, 0.5) is 0 Å². The summed E-state index contributed by atoms with van der Waals surface area (Å²) >= 11 is 0. The highest BCUT2D eigenvalue weighted by Gasteiger charge is 1.65. The summed E-state index contributed by atoms with van der Waals surface area (Å²) in [5.74, 6) is 0. The molecular formula is C2H9NOSi. The van der Waals surface area contributed by atoms with Crippen LogP contribution in [0.15, 0.2) is 0 Å². The summed E-state index contributed by atoms with van der Waals surface area (Å²) in [7, 11) is -0.586. The minimum absolute atomic E-state index is 0.586. The highest BCUT2D eigenvalue weighted by atomic mass is 28.2. The van der Waals surface area contributed by atoms with Crippen molar-refractivity contribution in [1.29, 1.82) is 0 Å². The van der Waals surface area contributed by atoms with E-state index in [1.165, 1.54) is 0 Å². The van der Waals surface area contributed by atoms with Crippen LogP contribution in [0.5, 0.6) is 0 Å². The Bertz CT molecular complexity index is 17.1. The van der Waals surface area contributed by atoms with Crippen molar-refractivity contribution in [3.63, 3.8) is 0 Å². The summed E-state index contributed by atoms with van der Waals surface area (Å²) in [5, 5.41) is 5.06. The maximum atomic E-state index is 5.06. The lowest BCUT2D eigenvalue weighted by Crippen LogP contribution is -2.08. The maximum Gasteiger partial charge on any atom is 0.233 e. The average molecular weight is 91.2 g/mol. The molecule has 0 fully saturated rings. The first-order valence-corrected chi connectivity index (χ1v) is 3.09. The van der Waals surface area contributed by atoms with Crippen molar-refractivity contribution in [1.82, 2.24) is 0 Å². The molecule has 0 radical (unpaired) electrons. The number of hydrogen-bond donors (Lipinski definition) is 1. The molecule has 2 nitrogen and oxygen atoms in total. The van der Waals surface area contributed by atoms with Gasteiger partial charge >= 0.3 is 0 Å². The third kappa shape index (κ3) is 4.14. The van der Waals surface area contributed by atoms with Crippen LogP contribution < -0.4 is 5.40 Å². The fourth-order valence-corrected chi connectivity index (χ4v) is 0.354. The Hall–Kier alpha value is 0.137. The van der Waals surface area contributed by atoms with E-state index in [0.717, 1.165) is 6.61 Å². The van der Waals surface area contributed by atoms with Crippen molar-refractivity contribution in [2.45, 2.75) is 6.92 Å². The second-order valence-electron chi connectivity index (χ2n) is 0.659. The second-order valence-corrected chi connectivity index (χ2v) is 1.40. The summed E-state index contributed by atoms with van der Waals surface area (Å²) in [6, 6.07) is 0. The molecule has 0 heterocycles. The van der Waals surface area contributed by atoms with Crippen molar-refractivity contribution in [2.75, 3.05) is 6.61 Å². The van der Waals surface area contributed by atoms with E-state index in [9.17, 15) is 0 Å². The number of nitrogens with two attached hydrogens (primary N) is 1. The zero-order valence-corrected chi connectivity index (χ0v) is 4.81. The second kappa shape index (κ2) is 4.14. The van der Waals surface area contributed by atoms with Crippen LogP contribution in [0.1, 0.15) is 6.92 Å². The first kappa shape index (κ1) is 5.14. The Morgan fingerprint density at radius 2 is 2.60 bits per heavy atom. The SMILES string of the molecule is CCO[SiH2]N. The maximum absolute atomic E-state index is 5.06. The molecule has 0 aromatic heterocycles. The molecule has 0 aliphatic carbocycles. The molecule has 3 heteroatoms. The highest BCUT2D eigenvalue weighted by molar-refractivity contribution is 6.21. The van der Waals surface area contributed by atoms with Gasteiger partial charge in [0, 0.05) is 6.61 Å². The van der Waals surface area contributed by atoms with Crippen LogP contribution >= 0.6 is 0 Å².